The molecule has 5 N–H and O–H groups in total. The number of rotatable bonds is 3. The van der Waals surface area contributed by atoms with E-state index in [1.165, 1.54) is 13.1 Å². The smallest absolute Gasteiger partial charge is 0.328 e. The zero-order valence-electron chi connectivity index (χ0n) is 7.11. The molecule has 0 aliphatic rings. The van der Waals surface area contributed by atoms with Crippen LogP contribution in [0.1, 0.15) is 13.8 Å². The molecule has 5 heteroatoms. The standard InChI is InChI=1S/C7H13N3O2/c1-4(6(9)3-8)10-5(2)7(11)12/h3,5H,8-9H2,1-2H3,(H,11,12). The number of carbonyl (C=O) groups is 1. The maximum atomic E-state index is 10.3. The molecule has 68 valence electrons. The molecule has 0 aliphatic carbocycles. The van der Waals surface area contributed by atoms with E-state index in [-0.39, 0.29) is 0 Å². The molecule has 0 heterocycles. The van der Waals surface area contributed by atoms with Crippen LogP contribution in [-0.2, 0) is 4.79 Å². The molecule has 0 amide bonds. The maximum absolute atomic E-state index is 10.3. The number of nitrogens with zero attached hydrogens (tertiary/aromatic N) is 1. The first kappa shape index (κ1) is 10.5. The van der Waals surface area contributed by atoms with Crippen LogP contribution in [0.3, 0.4) is 0 Å². The summed E-state index contributed by atoms with van der Waals surface area (Å²) >= 11 is 0. The lowest BCUT2D eigenvalue weighted by atomic mass is 10.3. The van der Waals surface area contributed by atoms with E-state index in [2.05, 4.69) is 4.99 Å². The summed E-state index contributed by atoms with van der Waals surface area (Å²) in [7, 11) is 0. The van der Waals surface area contributed by atoms with E-state index in [9.17, 15) is 4.79 Å². The lowest BCUT2D eigenvalue weighted by molar-refractivity contribution is -0.137. The van der Waals surface area contributed by atoms with Crippen molar-refractivity contribution in [1.29, 1.82) is 0 Å². The molecule has 0 spiro atoms. The van der Waals surface area contributed by atoms with Gasteiger partial charge in [-0.1, -0.05) is 0 Å². The second-order valence-corrected chi connectivity index (χ2v) is 2.35. The highest BCUT2D eigenvalue weighted by Crippen LogP contribution is 1.94. The van der Waals surface area contributed by atoms with Crippen molar-refractivity contribution in [1.82, 2.24) is 0 Å². The second-order valence-electron chi connectivity index (χ2n) is 2.35. The Morgan fingerprint density at radius 2 is 2.17 bits per heavy atom. The summed E-state index contributed by atoms with van der Waals surface area (Å²) in [6.07, 6.45) is 1.19. The first-order valence-electron chi connectivity index (χ1n) is 3.44. The Hall–Kier alpha value is -1.52. The quantitative estimate of drug-likeness (QED) is 0.506. The Bertz CT molecular complexity index is 233. The predicted octanol–water partition coefficient (Wildman–Crippen LogP) is -0.321. The van der Waals surface area contributed by atoms with E-state index < -0.39 is 12.0 Å². The largest absolute Gasteiger partial charge is 0.480 e. The maximum Gasteiger partial charge on any atom is 0.328 e. The average molecular weight is 171 g/mol. The third kappa shape index (κ3) is 3.05. The summed E-state index contributed by atoms with van der Waals surface area (Å²) in [4.78, 5) is 14.1. The summed E-state index contributed by atoms with van der Waals surface area (Å²) in [6, 6.07) is -0.788. The van der Waals surface area contributed by atoms with Crippen LogP contribution in [0.5, 0.6) is 0 Å². The van der Waals surface area contributed by atoms with Gasteiger partial charge in [0.15, 0.2) is 0 Å². The van der Waals surface area contributed by atoms with E-state index in [1.807, 2.05) is 0 Å². The molecule has 0 aromatic carbocycles. The Morgan fingerprint density at radius 1 is 1.67 bits per heavy atom. The summed E-state index contributed by atoms with van der Waals surface area (Å²) in [5.41, 5.74) is 11.2. The summed E-state index contributed by atoms with van der Waals surface area (Å²) in [6.45, 7) is 3.08. The number of aliphatic carboxylic acids is 1. The number of carboxylic acids is 1. The van der Waals surface area contributed by atoms with E-state index in [1.54, 1.807) is 6.92 Å². The summed E-state index contributed by atoms with van der Waals surface area (Å²) in [5.74, 6) is -0.987. The van der Waals surface area contributed by atoms with Gasteiger partial charge in [0, 0.05) is 6.20 Å². The van der Waals surface area contributed by atoms with E-state index in [4.69, 9.17) is 16.6 Å². The van der Waals surface area contributed by atoms with Crippen LogP contribution < -0.4 is 11.5 Å². The van der Waals surface area contributed by atoms with Crippen molar-refractivity contribution < 1.29 is 9.90 Å². The van der Waals surface area contributed by atoms with Crippen LogP contribution >= 0.6 is 0 Å². The number of allylic oxidation sites excluding steroid dienone is 1. The highest BCUT2D eigenvalue weighted by molar-refractivity contribution is 5.98. The van der Waals surface area contributed by atoms with Crippen LogP contribution in [-0.4, -0.2) is 22.8 Å². The van der Waals surface area contributed by atoms with Gasteiger partial charge in [-0.05, 0) is 13.8 Å². The van der Waals surface area contributed by atoms with Crippen molar-refractivity contribution in [2.75, 3.05) is 0 Å². The SMILES string of the molecule is CC(=NC(C)C(=O)O)C(N)=CN. The minimum atomic E-state index is -0.987. The zero-order chi connectivity index (χ0) is 9.72. The number of aliphatic imine (C=N–C) groups is 1. The van der Waals surface area contributed by atoms with Crippen molar-refractivity contribution in [2.45, 2.75) is 19.9 Å². The average Bonchev–Trinajstić information content (AvgIpc) is 2.02. The molecule has 0 saturated heterocycles. The number of nitrogens with two attached hydrogens (primary N) is 2. The van der Waals surface area contributed by atoms with Gasteiger partial charge >= 0.3 is 5.97 Å². The van der Waals surface area contributed by atoms with Crippen LogP contribution in [0.4, 0.5) is 0 Å². The fourth-order valence-electron chi connectivity index (χ4n) is 0.541. The van der Waals surface area contributed by atoms with Gasteiger partial charge in [0.1, 0.15) is 6.04 Å². The molecule has 12 heavy (non-hydrogen) atoms. The molecule has 0 saturated carbocycles. The number of hydrogen-bond acceptors (Lipinski definition) is 4. The monoisotopic (exact) mass is 171 g/mol. The van der Waals surface area contributed by atoms with Gasteiger partial charge in [0.2, 0.25) is 0 Å². The van der Waals surface area contributed by atoms with Gasteiger partial charge in [-0.3, -0.25) is 4.99 Å². The van der Waals surface area contributed by atoms with E-state index in [0.717, 1.165) is 0 Å². The van der Waals surface area contributed by atoms with Crippen LogP contribution in [0.25, 0.3) is 0 Å². The molecular weight excluding hydrogens is 158 g/mol. The highest BCUT2D eigenvalue weighted by atomic mass is 16.4. The highest BCUT2D eigenvalue weighted by Gasteiger charge is 2.08. The molecule has 0 aromatic heterocycles. The lowest BCUT2D eigenvalue weighted by Crippen LogP contribution is -2.18. The van der Waals surface area contributed by atoms with Crippen molar-refractivity contribution >= 4 is 11.7 Å². The minimum absolute atomic E-state index is 0.295. The first-order chi connectivity index (χ1) is 5.49. The molecule has 1 atom stereocenters. The molecule has 0 radical (unpaired) electrons. The normalized spacial score (nSPS) is 15.8. The number of hydrogen-bond donors (Lipinski definition) is 3. The van der Waals surface area contributed by atoms with Crippen molar-refractivity contribution in [3.8, 4) is 0 Å². The van der Waals surface area contributed by atoms with Crippen LogP contribution in [0.15, 0.2) is 16.9 Å². The molecule has 0 bridgehead atoms. The van der Waals surface area contributed by atoms with E-state index >= 15 is 0 Å². The number of carboxylic acid groups (broad SMARTS) is 1. The molecule has 0 rings (SSSR count). The summed E-state index contributed by atoms with van der Waals surface area (Å²) < 4.78 is 0. The minimum Gasteiger partial charge on any atom is -0.480 e. The Balaban J connectivity index is 4.46. The zero-order valence-corrected chi connectivity index (χ0v) is 7.11. The Morgan fingerprint density at radius 3 is 2.50 bits per heavy atom. The van der Waals surface area contributed by atoms with Crippen molar-refractivity contribution in [3.63, 3.8) is 0 Å². The third-order valence-electron chi connectivity index (χ3n) is 1.34. The van der Waals surface area contributed by atoms with Crippen molar-refractivity contribution in [3.05, 3.63) is 11.9 Å². The Kier molecular flexibility index (Phi) is 3.82. The van der Waals surface area contributed by atoms with Gasteiger partial charge in [-0.25, -0.2) is 4.79 Å². The summed E-state index contributed by atoms with van der Waals surface area (Å²) in [5, 5.41) is 8.49. The molecular formula is C7H13N3O2. The Labute approximate surface area is 70.8 Å². The van der Waals surface area contributed by atoms with Gasteiger partial charge in [0.05, 0.1) is 11.4 Å². The van der Waals surface area contributed by atoms with Gasteiger partial charge in [0.25, 0.3) is 0 Å². The first-order valence-corrected chi connectivity index (χ1v) is 3.44. The van der Waals surface area contributed by atoms with Gasteiger partial charge < -0.3 is 16.6 Å². The second kappa shape index (κ2) is 4.38. The van der Waals surface area contributed by atoms with Gasteiger partial charge in [-0.15, -0.1) is 0 Å². The van der Waals surface area contributed by atoms with Gasteiger partial charge in [-0.2, -0.15) is 0 Å². The van der Waals surface area contributed by atoms with Crippen LogP contribution in [0, 0.1) is 0 Å². The molecule has 0 aliphatic heterocycles. The molecule has 5 nitrogen and oxygen atoms in total. The fourth-order valence-corrected chi connectivity index (χ4v) is 0.541. The topological polar surface area (TPSA) is 102 Å². The molecule has 0 aromatic rings. The molecule has 1 unspecified atom stereocenters. The van der Waals surface area contributed by atoms with E-state index in [0.29, 0.717) is 11.4 Å². The van der Waals surface area contributed by atoms with Crippen LogP contribution in [0.2, 0.25) is 0 Å². The fraction of sp³-hybridized carbons (Fsp3) is 0.429. The van der Waals surface area contributed by atoms with Crippen molar-refractivity contribution in [2.24, 2.45) is 16.5 Å². The third-order valence-corrected chi connectivity index (χ3v) is 1.34. The predicted molar refractivity (Wildman–Crippen MR) is 46.7 cm³/mol. The lowest BCUT2D eigenvalue weighted by Gasteiger charge is -2.02. The molecule has 0 fully saturated rings.